The van der Waals surface area contributed by atoms with E-state index in [2.05, 4.69) is 16.0 Å². The van der Waals surface area contributed by atoms with Crippen LogP contribution in [0.15, 0.2) is 53.0 Å². The summed E-state index contributed by atoms with van der Waals surface area (Å²) >= 11 is 1.38. The standard InChI is InChI=1S/C21H21N3O6S/c1-3-29-20(27)17-15(23-21(28)24-18(17)16-5-4-10-31-16)11-30-19(26)13-6-8-14(9-7-13)22-12(2)25/h4-10,18H,3,11H2,1-2H3,(H,22,25)(H2,23,24,28)/t18-/m0/s1. The average molecular weight is 443 g/mol. The molecule has 10 heteroatoms. The molecular formula is C21H21N3O6S. The molecule has 0 bridgehead atoms. The van der Waals surface area contributed by atoms with Crippen LogP contribution in [0.5, 0.6) is 0 Å². The number of hydrogen-bond acceptors (Lipinski definition) is 7. The fourth-order valence-electron chi connectivity index (χ4n) is 2.96. The van der Waals surface area contributed by atoms with Crippen molar-refractivity contribution >= 4 is 40.9 Å². The molecule has 1 aromatic heterocycles. The molecule has 0 unspecified atom stereocenters. The van der Waals surface area contributed by atoms with Gasteiger partial charge in [0.15, 0.2) is 0 Å². The zero-order valence-corrected chi connectivity index (χ0v) is 17.7. The maximum Gasteiger partial charge on any atom is 0.338 e. The number of thiophene rings is 1. The predicted molar refractivity (Wildman–Crippen MR) is 113 cm³/mol. The van der Waals surface area contributed by atoms with Crippen LogP contribution in [0.1, 0.15) is 35.1 Å². The molecule has 1 aromatic carbocycles. The van der Waals surface area contributed by atoms with Crippen molar-refractivity contribution in [2.24, 2.45) is 0 Å². The minimum absolute atomic E-state index is 0.154. The molecule has 0 saturated heterocycles. The Bertz CT molecular complexity index is 1010. The van der Waals surface area contributed by atoms with Gasteiger partial charge in [0, 0.05) is 17.5 Å². The van der Waals surface area contributed by atoms with Crippen molar-refractivity contribution in [3.05, 3.63) is 63.5 Å². The molecule has 1 aliphatic rings. The monoisotopic (exact) mass is 443 g/mol. The van der Waals surface area contributed by atoms with Gasteiger partial charge in [0.05, 0.1) is 29.5 Å². The number of carbonyl (C=O) groups is 4. The third-order valence-electron chi connectivity index (χ3n) is 4.27. The third-order valence-corrected chi connectivity index (χ3v) is 5.20. The van der Waals surface area contributed by atoms with Gasteiger partial charge in [0.1, 0.15) is 6.61 Å². The van der Waals surface area contributed by atoms with Crippen LogP contribution in [0.2, 0.25) is 0 Å². The molecule has 0 radical (unpaired) electrons. The molecule has 3 amide bonds. The molecule has 3 rings (SSSR count). The summed E-state index contributed by atoms with van der Waals surface area (Å²) in [6.07, 6.45) is 0. The summed E-state index contributed by atoms with van der Waals surface area (Å²) in [7, 11) is 0. The Morgan fingerprint density at radius 3 is 2.45 bits per heavy atom. The summed E-state index contributed by atoms with van der Waals surface area (Å²) in [6.45, 7) is 2.89. The quantitative estimate of drug-likeness (QED) is 0.566. The SMILES string of the molecule is CCOC(=O)C1=C(COC(=O)c2ccc(NC(C)=O)cc2)NC(=O)N[C@H]1c1cccs1. The Morgan fingerprint density at radius 1 is 1.10 bits per heavy atom. The summed E-state index contributed by atoms with van der Waals surface area (Å²) in [5, 5.41) is 9.68. The second-order valence-corrected chi connectivity index (χ2v) is 7.47. The molecule has 9 nitrogen and oxygen atoms in total. The average Bonchev–Trinajstić information content (AvgIpc) is 3.26. The minimum atomic E-state index is -0.710. The van der Waals surface area contributed by atoms with Gasteiger partial charge < -0.3 is 25.4 Å². The largest absolute Gasteiger partial charge is 0.463 e. The van der Waals surface area contributed by atoms with Gasteiger partial charge in [-0.05, 0) is 42.6 Å². The fourth-order valence-corrected chi connectivity index (χ4v) is 3.75. The van der Waals surface area contributed by atoms with Crippen molar-refractivity contribution in [2.75, 3.05) is 18.5 Å². The van der Waals surface area contributed by atoms with Crippen molar-refractivity contribution in [1.82, 2.24) is 10.6 Å². The zero-order chi connectivity index (χ0) is 22.4. The van der Waals surface area contributed by atoms with Gasteiger partial charge in [0.2, 0.25) is 5.91 Å². The van der Waals surface area contributed by atoms with E-state index in [1.54, 1.807) is 31.2 Å². The molecular weight excluding hydrogens is 422 g/mol. The molecule has 0 aliphatic carbocycles. The van der Waals surface area contributed by atoms with E-state index < -0.39 is 24.0 Å². The molecule has 162 valence electrons. The summed E-state index contributed by atoms with van der Waals surface area (Å²) in [5.74, 6) is -1.49. The van der Waals surface area contributed by atoms with Crippen LogP contribution in [0.4, 0.5) is 10.5 Å². The minimum Gasteiger partial charge on any atom is -0.463 e. The molecule has 3 N–H and O–H groups in total. The van der Waals surface area contributed by atoms with Gasteiger partial charge in [-0.2, -0.15) is 0 Å². The van der Waals surface area contributed by atoms with Gasteiger partial charge in [0.25, 0.3) is 0 Å². The van der Waals surface area contributed by atoms with E-state index in [-0.39, 0.29) is 36.0 Å². The van der Waals surface area contributed by atoms with E-state index in [4.69, 9.17) is 9.47 Å². The fraction of sp³-hybridized carbons (Fsp3) is 0.238. The maximum atomic E-state index is 12.6. The van der Waals surface area contributed by atoms with Crippen molar-refractivity contribution in [3.63, 3.8) is 0 Å². The smallest absolute Gasteiger partial charge is 0.338 e. The first kappa shape index (κ1) is 22.0. The number of nitrogens with one attached hydrogen (secondary N) is 3. The number of urea groups is 1. The van der Waals surface area contributed by atoms with Crippen LogP contribution in [-0.4, -0.2) is 37.1 Å². The lowest BCUT2D eigenvalue weighted by molar-refractivity contribution is -0.139. The van der Waals surface area contributed by atoms with E-state index in [0.717, 1.165) is 4.88 Å². The van der Waals surface area contributed by atoms with Gasteiger partial charge in [-0.15, -0.1) is 11.3 Å². The Labute approximate surface area is 182 Å². The highest BCUT2D eigenvalue weighted by atomic mass is 32.1. The number of amides is 3. The first-order valence-corrected chi connectivity index (χ1v) is 10.3. The van der Waals surface area contributed by atoms with Crippen LogP contribution >= 0.6 is 11.3 Å². The summed E-state index contributed by atoms with van der Waals surface area (Å²) in [5.41, 5.74) is 1.13. The zero-order valence-electron chi connectivity index (χ0n) is 16.9. The van der Waals surface area contributed by atoms with Crippen LogP contribution in [-0.2, 0) is 19.1 Å². The molecule has 0 fully saturated rings. The first-order valence-electron chi connectivity index (χ1n) is 9.45. The number of carbonyl (C=O) groups excluding carboxylic acids is 4. The molecule has 2 aromatic rings. The Balaban J connectivity index is 1.81. The van der Waals surface area contributed by atoms with Crippen LogP contribution < -0.4 is 16.0 Å². The van der Waals surface area contributed by atoms with Crippen molar-refractivity contribution in [2.45, 2.75) is 19.9 Å². The van der Waals surface area contributed by atoms with E-state index >= 15 is 0 Å². The first-order chi connectivity index (χ1) is 14.9. The second-order valence-electron chi connectivity index (χ2n) is 6.49. The van der Waals surface area contributed by atoms with Crippen LogP contribution in [0, 0.1) is 0 Å². The van der Waals surface area contributed by atoms with Crippen molar-refractivity contribution in [3.8, 4) is 0 Å². The lowest BCUT2D eigenvalue weighted by Gasteiger charge is -2.28. The Morgan fingerprint density at radius 2 is 1.84 bits per heavy atom. The lowest BCUT2D eigenvalue weighted by Crippen LogP contribution is -2.46. The van der Waals surface area contributed by atoms with Crippen LogP contribution in [0.25, 0.3) is 0 Å². The number of esters is 2. The maximum absolute atomic E-state index is 12.6. The number of anilines is 1. The van der Waals surface area contributed by atoms with Gasteiger partial charge in [-0.1, -0.05) is 6.07 Å². The van der Waals surface area contributed by atoms with E-state index in [1.807, 2.05) is 5.38 Å². The van der Waals surface area contributed by atoms with Gasteiger partial charge in [-0.25, -0.2) is 14.4 Å². The molecule has 31 heavy (non-hydrogen) atoms. The second kappa shape index (κ2) is 9.90. The molecule has 1 atom stereocenters. The Hall–Kier alpha value is -3.66. The Kier molecular flexibility index (Phi) is 7.03. The van der Waals surface area contributed by atoms with Crippen LogP contribution in [0.3, 0.4) is 0 Å². The number of hydrogen-bond donors (Lipinski definition) is 3. The highest BCUT2D eigenvalue weighted by Gasteiger charge is 2.34. The predicted octanol–water partition coefficient (Wildman–Crippen LogP) is 2.73. The molecule has 0 spiro atoms. The summed E-state index contributed by atoms with van der Waals surface area (Å²) < 4.78 is 10.5. The van der Waals surface area contributed by atoms with E-state index in [9.17, 15) is 19.2 Å². The highest BCUT2D eigenvalue weighted by Crippen LogP contribution is 2.30. The van der Waals surface area contributed by atoms with Crippen molar-refractivity contribution in [1.29, 1.82) is 0 Å². The van der Waals surface area contributed by atoms with Gasteiger partial charge in [-0.3, -0.25) is 4.79 Å². The summed E-state index contributed by atoms with van der Waals surface area (Å²) in [4.78, 5) is 49.1. The molecule has 1 aliphatic heterocycles. The number of benzene rings is 1. The third kappa shape index (κ3) is 5.48. The molecule has 2 heterocycles. The number of ether oxygens (including phenoxy) is 2. The lowest BCUT2D eigenvalue weighted by atomic mass is 10.0. The topological polar surface area (TPSA) is 123 Å². The van der Waals surface area contributed by atoms with E-state index in [1.165, 1.54) is 30.4 Å². The molecule has 0 saturated carbocycles. The summed E-state index contributed by atoms with van der Waals surface area (Å²) in [6, 6.07) is 8.52. The highest BCUT2D eigenvalue weighted by molar-refractivity contribution is 7.10. The van der Waals surface area contributed by atoms with Gasteiger partial charge >= 0.3 is 18.0 Å². The number of rotatable bonds is 7. The normalized spacial score (nSPS) is 15.5. The van der Waals surface area contributed by atoms with E-state index in [0.29, 0.717) is 5.69 Å². The van der Waals surface area contributed by atoms with Crippen molar-refractivity contribution < 1.29 is 28.7 Å².